The minimum atomic E-state index is 0.00366. The number of carbonyl (C=O) groups excluding carboxylic acids is 1. The topological polar surface area (TPSA) is 79.9 Å². The summed E-state index contributed by atoms with van der Waals surface area (Å²) in [6, 6.07) is 4.16. The molecular formula is C12H20N4O. The second-order valence-corrected chi connectivity index (χ2v) is 3.86. The zero-order chi connectivity index (χ0) is 13.1. The van der Waals surface area contributed by atoms with Crippen LogP contribution in [0.4, 0.5) is 0 Å². The first-order chi connectivity index (χ1) is 8.15. The highest BCUT2D eigenvalue weighted by Gasteiger charge is 2.15. The molecule has 0 heterocycles. The zero-order valence-corrected chi connectivity index (χ0v) is 10.6. The van der Waals surface area contributed by atoms with E-state index >= 15 is 0 Å². The van der Waals surface area contributed by atoms with Gasteiger partial charge in [0.25, 0.3) is 0 Å². The highest BCUT2D eigenvalue weighted by atomic mass is 16.2. The molecule has 0 radical (unpaired) electrons. The summed E-state index contributed by atoms with van der Waals surface area (Å²) >= 11 is 0. The highest BCUT2D eigenvalue weighted by Crippen LogP contribution is 2.01. The monoisotopic (exact) mass is 236 g/mol. The van der Waals surface area contributed by atoms with Gasteiger partial charge < -0.3 is 10.2 Å². The molecule has 5 heteroatoms. The van der Waals surface area contributed by atoms with Gasteiger partial charge in [-0.05, 0) is 13.5 Å². The van der Waals surface area contributed by atoms with E-state index in [4.69, 9.17) is 10.5 Å². The normalized spacial score (nSPS) is 11.3. The fourth-order valence-electron chi connectivity index (χ4n) is 1.54. The third-order valence-electron chi connectivity index (χ3n) is 2.37. The number of nitriles is 2. The van der Waals surface area contributed by atoms with E-state index in [0.29, 0.717) is 32.4 Å². The lowest BCUT2D eigenvalue weighted by atomic mass is 10.2. The molecule has 0 aliphatic rings. The Hall–Kier alpha value is -1.59. The zero-order valence-electron chi connectivity index (χ0n) is 10.6. The van der Waals surface area contributed by atoms with Crippen LogP contribution in [-0.2, 0) is 4.79 Å². The first-order valence-electron chi connectivity index (χ1n) is 5.90. The van der Waals surface area contributed by atoms with Gasteiger partial charge in [0.2, 0.25) is 5.91 Å². The van der Waals surface area contributed by atoms with E-state index in [0.717, 1.165) is 6.54 Å². The number of amides is 1. The summed E-state index contributed by atoms with van der Waals surface area (Å²) < 4.78 is 0. The number of rotatable bonds is 8. The van der Waals surface area contributed by atoms with Crippen LogP contribution in [0.2, 0.25) is 0 Å². The fourth-order valence-corrected chi connectivity index (χ4v) is 1.54. The van der Waals surface area contributed by atoms with Crippen LogP contribution < -0.4 is 5.32 Å². The molecule has 1 N–H and O–H groups in total. The van der Waals surface area contributed by atoms with Crippen molar-refractivity contribution >= 4 is 5.91 Å². The summed E-state index contributed by atoms with van der Waals surface area (Å²) in [5.74, 6) is 0.00366. The lowest BCUT2D eigenvalue weighted by Crippen LogP contribution is -2.38. The molecule has 17 heavy (non-hydrogen) atoms. The Labute approximate surface area is 103 Å². The van der Waals surface area contributed by atoms with Gasteiger partial charge in [-0.15, -0.1) is 0 Å². The van der Waals surface area contributed by atoms with Crippen molar-refractivity contribution in [3.05, 3.63) is 0 Å². The van der Waals surface area contributed by atoms with Crippen molar-refractivity contribution in [2.24, 2.45) is 0 Å². The van der Waals surface area contributed by atoms with Crippen molar-refractivity contribution in [2.45, 2.75) is 39.2 Å². The molecule has 0 aliphatic heterocycles. The molecule has 1 amide bonds. The van der Waals surface area contributed by atoms with E-state index in [9.17, 15) is 4.79 Å². The van der Waals surface area contributed by atoms with Crippen molar-refractivity contribution in [2.75, 3.05) is 19.6 Å². The molecule has 1 unspecified atom stereocenters. The number of hydrogen-bond acceptors (Lipinski definition) is 4. The molecule has 0 saturated heterocycles. The number of hydrogen-bond donors (Lipinski definition) is 1. The van der Waals surface area contributed by atoms with Crippen LogP contribution in [0.3, 0.4) is 0 Å². The summed E-state index contributed by atoms with van der Waals surface area (Å²) in [4.78, 5) is 13.5. The predicted molar refractivity (Wildman–Crippen MR) is 64.8 cm³/mol. The van der Waals surface area contributed by atoms with E-state index in [1.54, 1.807) is 4.90 Å². The van der Waals surface area contributed by atoms with Gasteiger partial charge in [0.15, 0.2) is 0 Å². The summed E-state index contributed by atoms with van der Waals surface area (Å²) in [5.41, 5.74) is 0. The van der Waals surface area contributed by atoms with E-state index in [-0.39, 0.29) is 11.9 Å². The molecular weight excluding hydrogens is 216 g/mol. The lowest BCUT2D eigenvalue weighted by molar-refractivity contribution is -0.131. The molecule has 0 bridgehead atoms. The maximum atomic E-state index is 11.9. The van der Waals surface area contributed by atoms with Gasteiger partial charge in [0.1, 0.15) is 0 Å². The first kappa shape index (κ1) is 15.4. The molecule has 1 atom stereocenters. The van der Waals surface area contributed by atoms with Gasteiger partial charge in [-0.1, -0.05) is 6.92 Å². The van der Waals surface area contributed by atoms with Gasteiger partial charge >= 0.3 is 0 Å². The summed E-state index contributed by atoms with van der Waals surface area (Å²) in [6.45, 7) is 5.59. The van der Waals surface area contributed by atoms with Crippen LogP contribution in [0.5, 0.6) is 0 Å². The SMILES string of the molecule is CCNC(C)CC(=O)N(CCC#N)CCC#N. The van der Waals surface area contributed by atoms with Gasteiger partial charge in [-0.25, -0.2) is 0 Å². The Morgan fingerprint density at radius 2 is 1.82 bits per heavy atom. The summed E-state index contributed by atoms with van der Waals surface area (Å²) in [6.07, 6.45) is 1.03. The molecule has 0 rings (SSSR count). The van der Waals surface area contributed by atoms with Crippen molar-refractivity contribution < 1.29 is 4.79 Å². The van der Waals surface area contributed by atoms with Crippen molar-refractivity contribution in [3.63, 3.8) is 0 Å². The average Bonchev–Trinajstić information content (AvgIpc) is 2.29. The summed E-state index contributed by atoms with van der Waals surface area (Å²) in [5, 5.41) is 20.2. The highest BCUT2D eigenvalue weighted by molar-refractivity contribution is 5.76. The standard InChI is InChI=1S/C12H20N4O/c1-3-15-11(2)10-12(17)16(8-4-6-13)9-5-7-14/h11,15H,3-5,8-10H2,1-2H3. The van der Waals surface area contributed by atoms with Gasteiger partial charge in [-0.3, -0.25) is 4.79 Å². The molecule has 94 valence electrons. The maximum Gasteiger partial charge on any atom is 0.224 e. The van der Waals surface area contributed by atoms with E-state index in [2.05, 4.69) is 5.32 Å². The van der Waals surface area contributed by atoms with E-state index in [1.807, 2.05) is 26.0 Å². The van der Waals surface area contributed by atoms with Crippen molar-refractivity contribution in [3.8, 4) is 12.1 Å². The number of carbonyl (C=O) groups is 1. The van der Waals surface area contributed by atoms with Crippen LogP contribution in [0.15, 0.2) is 0 Å². The average molecular weight is 236 g/mol. The van der Waals surface area contributed by atoms with E-state index in [1.165, 1.54) is 0 Å². The molecule has 0 aromatic carbocycles. The Kier molecular flexibility index (Phi) is 8.72. The molecule has 5 nitrogen and oxygen atoms in total. The van der Waals surface area contributed by atoms with Gasteiger partial charge in [-0.2, -0.15) is 10.5 Å². The third-order valence-corrected chi connectivity index (χ3v) is 2.37. The number of nitrogens with one attached hydrogen (secondary N) is 1. The maximum absolute atomic E-state index is 11.9. The van der Waals surface area contributed by atoms with Gasteiger partial charge in [0.05, 0.1) is 25.0 Å². The molecule has 0 saturated carbocycles. The molecule has 0 fully saturated rings. The Morgan fingerprint density at radius 3 is 2.24 bits per heavy atom. The smallest absolute Gasteiger partial charge is 0.224 e. The quantitative estimate of drug-likeness (QED) is 0.682. The van der Waals surface area contributed by atoms with Crippen molar-refractivity contribution in [1.29, 1.82) is 10.5 Å². The minimum absolute atomic E-state index is 0.00366. The third kappa shape index (κ3) is 7.32. The van der Waals surface area contributed by atoms with Gasteiger partial charge in [0, 0.05) is 25.6 Å². The van der Waals surface area contributed by atoms with Crippen LogP contribution in [0.1, 0.15) is 33.1 Å². The largest absolute Gasteiger partial charge is 0.341 e. The Bertz CT molecular complexity index is 285. The second-order valence-electron chi connectivity index (χ2n) is 3.86. The minimum Gasteiger partial charge on any atom is -0.341 e. The molecule has 0 aliphatic carbocycles. The summed E-state index contributed by atoms with van der Waals surface area (Å²) in [7, 11) is 0. The van der Waals surface area contributed by atoms with Crippen LogP contribution >= 0.6 is 0 Å². The Morgan fingerprint density at radius 1 is 1.29 bits per heavy atom. The number of nitrogens with zero attached hydrogens (tertiary/aromatic N) is 3. The second kappa shape index (κ2) is 9.62. The first-order valence-corrected chi connectivity index (χ1v) is 5.90. The fraction of sp³-hybridized carbons (Fsp3) is 0.750. The Balaban J connectivity index is 4.21. The lowest BCUT2D eigenvalue weighted by Gasteiger charge is -2.22. The predicted octanol–water partition coefficient (Wildman–Crippen LogP) is 1.03. The van der Waals surface area contributed by atoms with Crippen molar-refractivity contribution in [1.82, 2.24) is 10.2 Å². The molecule has 0 aromatic rings. The van der Waals surface area contributed by atoms with Crippen LogP contribution in [-0.4, -0.2) is 36.5 Å². The molecule has 0 aromatic heterocycles. The van der Waals surface area contributed by atoms with Crippen LogP contribution in [0.25, 0.3) is 0 Å². The molecule has 0 spiro atoms. The van der Waals surface area contributed by atoms with Crippen LogP contribution in [0, 0.1) is 22.7 Å². The van der Waals surface area contributed by atoms with E-state index < -0.39 is 0 Å².